The largest absolute Gasteiger partial charge is 0.507 e. The molecule has 1 aromatic rings. The second-order valence-corrected chi connectivity index (χ2v) is 20.2. The van der Waals surface area contributed by atoms with Crippen LogP contribution in [0.4, 0.5) is 0 Å². The Morgan fingerprint density at radius 1 is 0.500 bits per heavy atom. The number of phenols is 1. The zero-order valence-electron chi connectivity index (χ0n) is 38.1. The van der Waals surface area contributed by atoms with E-state index in [1.54, 1.807) is 0 Å². The molecule has 56 heavy (non-hydrogen) atoms. The molecule has 0 heterocycles. The standard InChI is InChI=1S/C51H95O4P/c1-5-7-9-11-13-15-17-19-21-23-25-27-29-31-33-38-42-54-56(53,45-49-44-50(48-40-36-35-37-41-48)51(52)47(4)46(49)3)55-43-39-34-32-30-28-26-24-22-20-18-16-14-12-10-8-6-2/h44,48,52H,5-43,45H2,1-4H3. The van der Waals surface area contributed by atoms with Crippen molar-refractivity contribution in [1.29, 1.82) is 0 Å². The Kier molecular flexibility index (Phi) is 32.0. The van der Waals surface area contributed by atoms with Crippen LogP contribution in [0, 0.1) is 13.8 Å². The first-order valence-electron chi connectivity index (χ1n) is 25.1. The summed E-state index contributed by atoms with van der Waals surface area (Å²) in [5, 5.41) is 11.2. The third kappa shape index (κ3) is 24.9. The number of hydrogen-bond acceptors (Lipinski definition) is 4. The number of hydrogen-bond donors (Lipinski definition) is 1. The molecule has 2 rings (SSSR count). The fourth-order valence-corrected chi connectivity index (χ4v) is 10.8. The number of phenolic OH excluding ortho intramolecular Hbond substituents is 1. The molecule has 5 heteroatoms. The molecular weight excluding hydrogens is 708 g/mol. The normalized spacial score (nSPS) is 13.9. The van der Waals surface area contributed by atoms with Gasteiger partial charge >= 0.3 is 7.60 Å². The lowest BCUT2D eigenvalue weighted by Gasteiger charge is -2.26. The molecule has 1 fully saturated rings. The first kappa shape index (κ1) is 51.3. The lowest BCUT2D eigenvalue weighted by molar-refractivity contribution is 0.196. The van der Waals surface area contributed by atoms with Gasteiger partial charge in [-0.1, -0.05) is 232 Å². The Morgan fingerprint density at radius 3 is 1.16 bits per heavy atom. The van der Waals surface area contributed by atoms with Crippen molar-refractivity contribution in [3.63, 3.8) is 0 Å². The molecule has 0 aliphatic heterocycles. The van der Waals surface area contributed by atoms with Crippen molar-refractivity contribution in [2.45, 2.75) is 277 Å². The summed E-state index contributed by atoms with van der Waals surface area (Å²) in [6, 6.07) is 2.15. The third-order valence-corrected chi connectivity index (χ3v) is 14.9. The molecule has 1 saturated carbocycles. The van der Waals surface area contributed by atoms with Gasteiger partial charge in [-0.15, -0.1) is 0 Å². The fourth-order valence-electron chi connectivity index (χ4n) is 8.93. The minimum Gasteiger partial charge on any atom is -0.507 e. The summed E-state index contributed by atoms with van der Waals surface area (Å²) in [5.74, 6) is 0.828. The predicted octanol–water partition coefficient (Wildman–Crippen LogP) is 18.3. The van der Waals surface area contributed by atoms with E-state index in [9.17, 15) is 9.67 Å². The molecule has 1 N–H and O–H groups in total. The number of aromatic hydroxyl groups is 1. The van der Waals surface area contributed by atoms with E-state index in [-0.39, 0.29) is 0 Å². The summed E-state index contributed by atoms with van der Waals surface area (Å²) in [6.07, 6.45) is 49.0. The van der Waals surface area contributed by atoms with Crippen molar-refractivity contribution in [2.75, 3.05) is 13.2 Å². The maximum Gasteiger partial charge on any atom is 0.335 e. The van der Waals surface area contributed by atoms with Crippen LogP contribution < -0.4 is 0 Å². The summed E-state index contributed by atoms with van der Waals surface area (Å²) >= 11 is 0. The van der Waals surface area contributed by atoms with E-state index in [0.717, 1.165) is 60.8 Å². The van der Waals surface area contributed by atoms with Crippen molar-refractivity contribution in [3.05, 3.63) is 28.3 Å². The van der Waals surface area contributed by atoms with E-state index in [4.69, 9.17) is 9.05 Å². The Morgan fingerprint density at radius 2 is 0.821 bits per heavy atom. The van der Waals surface area contributed by atoms with Crippen LogP contribution in [0.5, 0.6) is 5.75 Å². The van der Waals surface area contributed by atoms with Crippen molar-refractivity contribution in [3.8, 4) is 5.75 Å². The molecule has 0 saturated heterocycles. The van der Waals surface area contributed by atoms with E-state index in [2.05, 4.69) is 26.8 Å². The van der Waals surface area contributed by atoms with Gasteiger partial charge in [-0.2, -0.15) is 0 Å². The second kappa shape index (κ2) is 35.0. The van der Waals surface area contributed by atoms with E-state index in [1.165, 1.54) is 199 Å². The van der Waals surface area contributed by atoms with E-state index in [1.807, 2.05) is 6.92 Å². The van der Waals surface area contributed by atoms with E-state index < -0.39 is 7.60 Å². The smallest absolute Gasteiger partial charge is 0.335 e. The average Bonchev–Trinajstić information content (AvgIpc) is 3.20. The van der Waals surface area contributed by atoms with Gasteiger partial charge in [0.25, 0.3) is 0 Å². The van der Waals surface area contributed by atoms with E-state index in [0.29, 0.717) is 31.0 Å². The summed E-state index contributed by atoms with van der Waals surface area (Å²) < 4.78 is 27.0. The third-order valence-electron chi connectivity index (χ3n) is 13.0. The summed E-state index contributed by atoms with van der Waals surface area (Å²) in [4.78, 5) is 0. The molecule has 0 aromatic heterocycles. The highest BCUT2D eigenvalue weighted by Crippen LogP contribution is 2.53. The van der Waals surface area contributed by atoms with Crippen molar-refractivity contribution >= 4 is 7.60 Å². The van der Waals surface area contributed by atoms with Crippen LogP contribution in [0.2, 0.25) is 0 Å². The van der Waals surface area contributed by atoms with Crippen LogP contribution in [-0.4, -0.2) is 18.3 Å². The van der Waals surface area contributed by atoms with Gasteiger partial charge in [0.2, 0.25) is 0 Å². The minimum absolute atomic E-state index is 0.303. The molecular formula is C51H95O4P. The monoisotopic (exact) mass is 803 g/mol. The van der Waals surface area contributed by atoms with Gasteiger partial charge in [-0.25, -0.2) is 0 Å². The Bertz CT molecular complexity index is 1050. The van der Waals surface area contributed by atoms with Crippen LogP contribution in [0.1, 0.15) is 280 Å². The van der Waals surface area contributed by atoms with Crippen LogP contribution >= 0.6 is 7.60 Å². The predicted molar refractivity (Wildman–Crippen MR) is 246 cm³/mol. The van der Waals surface area contributed by atoms with Crippen molar-refractivity contribution < 1.29 is 18.7 Å². The highest BCUT2D eigenvalue weighted by atomic mass is 31.2. The Labute approximate surface area is 349 Å². The van der Waals surface area contributed by atoms with Crippen LogP contribution in [0.15, 0.2) is 6.07 Å². The van der Waals surface area contributed by atoms with Gasteiger partial charge in [-0.05, 0) is 67.7 Å². The van der Waals surface area contributed by atoms with Crippen LogP contribution in [0.25, 0.3) is 0 Å². The van der Waals surface area contributed by atoms with Crippen molar-refractivity contribution in [1.82, 2.24) is 0 Å². The maximum atomic E-state index is 14.4. The quantitative estimate of drug-likeness (QED) is 0.0532. The van der Waals surface area contributed by atoms with Gasteiger partial charge in [0, 0.05) is 0 Å². The Balaban J connectivity index is 1.71. The molecule has 0 amide bonds. The van der Waals surface area contributed by atoms with Gasteiger partial charge < -0.3 is 14.2 Å². The topological polar surface area (TPSA) is 55.8 Å². The lowest BCUT2D eigenvalue weighted by Crippen LogP contribution is -2.09. The lowest BCUT2D eigenvalue weighted by atomic mass is 9.81. The number of rotatable bonds is 39. The fraction of sp³-hybridized carbons (Fsp3) is 0.882. The summed E-state index contributed by atoms with van der Waals surface area (Å²) in [5.41, 5.74) is 4.03. The second-order valence-electron chi connectivity index (χ2n) is 18.1. The molecule has 0 radical (unpaired) electrons. The molecule has 1 aliphatic carbocycles. The summed E-state index contributed by atoms with van der Waals surface area (Å²) in [6.45, 7) is 9.66. The SMILES string of the molecule is CCCCCCCCCCCCCCCCCCOP(=O)(Cc1cc(C2CCCCC2)c(O)c(C)c1C)OCCCCCCCCCCCCCCCCCC. The van der Waals surface area contributed by atoms with Gasteiger partial charge in [0.15, 0.2) is 0 Å². The minimum atomic E-state index is -3.32. The number of unbranched alkanes of at least 4 members (excludes halogenated alkanes) is 30. The number of benzene rings is 1. The first-order chi connectivity index (χ1) is 27.4. The van der Waals surface area contributed by atoms with Gasteiger partial charge in [0.05, 0.1) is 19.4 Å². The van der Waals surface area contributed by atoms with Crippen molar-refractivity contribution in [2.24, 2.45) is 0 Å². The first-order valence-corrected chi connectivity index (χ1v) is 26.8. The molecule has 0 unspecified atom stereocenters. The highest BCUT2D eigenvalue weighted by Gasteiger charge is 2.29. The van der Waals surface area contributed by atoms with E-state index >= 15 is 0 Å². The van der Waals surface area contributed by atoms with Crippen LogP contribution in [0.3, 0.4) is 0 Å². The molecule has 1 aromatic carbocycles. The molecule has 0 atom stereocenters. The molecule has 4 nitrogen and oxygen atoms in total. The molecule has 1 aliphatic rings. The Hall–Kier alpha value is -0.830. The summed E-state index contributed by atoms with van der Waals surface area (Å²) in [7, 11) is -3.32. The zero-order chi connectivity index (χ0) is 40.4. The maximum absolute atomic E-state index is 14.4. The average molecular weight is 803 g/mol. The zero-order valence-corrected chi connectivity index (χ0v) is 39.0. The highest BCUT2D eigenvalue weighted by molar-refractivity contribution is 7.53. The van der Waals surface area contributed by atoms with Crippen LogP contribution in [-0.2, 0) is 19.8 Å². The molecule has 328 valence electrons. The molecule has 0 spiro atoms. The van der Waals surface area contributed by atoms with Gasteiger partial charge in [-0.3, -0.25) is 4.57 Å². The molecule has 0 bridgehead atoms. The van der Waals surface area contributed by atoms with Gasteiger partial charge in [0.1, 0.15) is 5.75 Å².